The number of rotatable bonds is 1. The van der Waals surface area contributed by atoms with Crippen LogP contribution in [0, 0.1) is 0 Å². The molecule has 0 aliphatic carbocycles. The van der Waals surface area contributed by atoms with Gasteiger partial charge in [0.05, 0.1) is 12.2 Å². The summed E-state index contributed by atoms with van der Waals surface area (Å²) in [4.78, 5) is 14.1. The topological polar surface area (TPSA) is 29.5 Å². The number of nitrogens with zero attached hydrogens (tertiary/aromatic N) is 1. The van der Waals surface area contributed by atoms with Gasteiger partial charge in [-0.2, -0.15) is 0 Å². The smallest absolute Gasteiger partial charge is 0.254 e. The van der Waals surface area contributed by atoms with Crippen molar-refractivity contribution in [1.29, 1.82) is 0 Å². The van der Waals surface area contributed by atoms with Crippen LogP contribution in [-0.2, 0) is 4.74 Å². The molecule has 4 heteroatoms. The first-order chi connectivity index (χ1) is 8.06. The zero-order chi connectivity index (χ0) is 12.4. The number of morpholine rings is 1. The van der Waals surface area contributed by atoms with E-state index in [2.05, 4.69) is 0 Å². The monoisotopic (exact) mass is 253 g/mol. The van der Waals surface area contributed by atoms with Crippen molar-refractivity contribution in [1.82, 2.24) is 4.90 Å². The molecule has 0 bridgehead atoms. The van der Waals surface area contributed by atoms with Crippen molar-refractivity contribution in [2.45, 2.75) is 26.1 Å². The van der Waals surface area contributed by atoms with Crippen LogP contribution in [0.5, 0.6) is 0 Å². The van der Waals surface area contributed by atoms with Crippen molar-refractivity contribution >= 4 is 17.5 Å². The van der Waals surface area contributed by atoms with E-state index in [1.807, 2.05) is 18.7 Å². The SMILES string of the molecule is CC1CN(C(=O)c2cccc(Cl)c2)CC(C)O1. The Morgan fingerprint density at radius 3 is 2.59 bits per heavy atom. The van der Waals surface area contributed by atoms with Crippen LogP contribution in [0.1, 0.15) is 24.2 Å². The predicted octanol–water partition coefficient (Wildman–Crippen LogP) is 2.59. The minimum absolute atomic E-state index is 0.0227. The lowest BCUT2D eigenvalue weighted by atomic mass is 10.1. The molecule has 0 spiro atoms. The van der Waals surface area contributed by atoms with Crippen LogP contribution < -0.4 is 0 Å². The van der Waals surface area contributed by atoms with Crippen molar-refractivity contribution < 1.29 is 9.53 Å². The summed E-state index contributed by atoms with van der Waals surface area (Å²) in [5, 5.41) is 0.588. The van der Waals surface area contributed by atoms with Crippen LogP contribution in [-0.4, -0.2) is 36.1 Å². The fourth-order valence-electron chi connectivity index (χ4n) is 2.15. The maximum atomic E-state index is 12.3. The number of benzene rings is 1. The first-order valence-electron chi connectivity index (χ1n) is 5.76. The van der Waals surface area contributed by atoms with E-state index in [-0.39, 0.29) is 18.1 Å². The van der Waals surface area contributed by atoms with Gasteiger partial charge < -0.3 is 9.64 Å². The first-order valence-corrected chi connectivity index (χ1v) is 6.14. The van der Waals surface area contributed by atoms with Gasteiger partial charge in [0, 0.05) is 23.7 Å². The summed E-state index contributed by atoms with van der Waals surface area (Å²) in [6.07, 6.45) is 0.170. The number of amides is 1. The van der Waals surface area contributed by atoms with Crippen LogP contribution in [0.2, 0.25) is 5.02 Å². The molecule has 1 aromatic carbocycles. The van der Waals surface area contributed by atoms with Crippen LogP contribution in [0.4, 0.5) is 0 Å². The normalized spacial score (nSPS) is 24.8. The molecule has 0 aromatic heterocycles. The van der Waals surface area contributed by atoms with E-state index < -0.39 is 0 Å². The van der Waals surface area contributed by atoms with E-state index in [1.54, 1.807) is 24.3 Å². The molecule has 3 nitrogen and oxygen atoms in total. The van der Waals surface area contributed by atoms with Crippen molar-refractivity contribution in [2.75, 3.05) is 13.1 Å². The van der Waals surface area contributed by atoms with E-state index in [9.17, 15) is 4.79 Å². The van der Waals surface area contributed by atoms with E-state index in [0.29, 0.717) is 23.7 Å². The van der Waals surface area contributed by atoms with Gasteiger partial charge in [-0.15, -0.1) is 0 Å². The van der Waals surface area contributed by atoms with Crippen LogP contribution in [0.15, 0.2) is 24.3 Å². The highest BCUT2D eigenvalue weighted by atomic mass is 35.5. The quantitative estimate of drug-likeness (QED) is 0.770. The highest BCUT2D eigenvalue weighted by Gasteiger charge is 2.26. The molecule has 1 fully saturated rings. The Hall–Kier alpha value is -1.06. The molecular formula is C13H16ClNO2. The second kappa shape index (κ2) is 5.07. The molecule has 1 saturated heterocycles. The van der Waals surface area contributed by atoms with Gasteiger partial charge in [-0.05, 0) is 32.0 Å². The summed E-state index contributed by atoms with van der Waals surface area (Å²) in [5.74, 6) is 0.0227. The lowest BCUT2D eigenvalue weighted by Gasteiger charge is -2.35. The molecule has 2 rings (SSSR count). The van der Waals surface area contributed by atoms with Crippen molar-refractivity contribution in [3.8, 4) is 0 Å². The molecule has 1 aliphatic heterocycles. The lowest BCUT2D eigenvalue weighted by Crippen LogP contribution is -2.48. The molecule has 1 amide bonds. The highest BCUT2D eigenvalue weighted by molar-refractivity contribution is 6.30. The average molecular weight is 254 g/mol. The van der Waals surface area contributed by atoms with Crippen molar-refractivity contribution in [2.24, 2.45) is 0 Å². The van der Waals surface area contributed by atoms with Gasteiger partial charge in [0.2, 0.25) is 0 Å². The second-order valence-corrected chi connectivity index (χ2v) is 4.91. The number of halogens is 1. The Morgan fingerprint density at radius 2 is 2.00 bits per heavy atom. The molecule has 0 N–H and O–H groups in total. The minimum Gasteiger partial charge on any atom is -0.372 e. The molecule has 0 radical (unpaired) electrons. The van der Waals surface area contributed by atoms with Gasteiger partial charge in [0.25, 0.3) is 5.91 Å². The molecule has 0 saturated carbocycles. The summed E-state index contributed by atoms with van der Waals surface area (Å²) < 4.78 is 5.61. The number of ether oxygens (including phenoxy) is 1. The average Bonchev–Trinajstić information content (AvgIpc) is 2.26. The van der Waals surface area contributed by atoms with Gasteiger partial charge in [-0.1, -0.05) is 17.7 Å². The second-order valence-electron chi connectivity index (χ2n) is 4.48. The van der Waals surface area contributed by atoms with E-state index in [4.69, 9.17) is 16.3 Å². The van der Waals surface area contributed by atoms with Gasteiger partial charge in [-0.3, -0.25) is 4.79 Å². The number of carbonyl (C=O) groups is 1. The van der Waals surface area contributed by atoms with E-state index in [1.165, 1.54) is 0 Å². The zero-order valence-corrected chi connectivity index (χ0v) is 10.8. The minimum atomic E-state index is 0.0227. The molecule has 2 unspecified atom stereocenters. The third-order valence-electron chi connectivity index (χ3n) is 2.78. The molecular weight excluding hydrogens is 238 g/mol. The van der Waals surface area contributed by atoms with Crippen LogP contribution >= 0.6 is 11.6 Å². The highest BCUT2D eigenvalue weighted by Crippen LogP contribution is 2.16. The third-order valence-corrected chi connectivity index (χ3v) is 3.01. The number of carbonyl (C=O) groups excluding carboxylic acids is 1. The molecule has 17 heavy (non-hydrogen) atoms. The predicted molar refractivity (Wildman–Crippen MR) is 67.4 cm³/mol. The van der Waals surface area contributed by atoms with Gasteiger partial charge in [0.1, 0.15) is 0 Å². The molecule has 1 aromatic rings. The van der Waals surface area contributed by atoms with Gasteiger partial charge in [0.15, 0.2) is 0 Å². The summed E-state index contributed by atoms with van der Waals surface area (Å²) in [7, 11) is 0. The summed E-state index contributed by atoms with van der Waals surface area (Å²) in [5.41, 5.74) is 0.638. The molecule has 1 heterocycles. The number of hydrogen-bond acceptors (Lipinski definition) is 2. The summed E-state index contributed by atoms with van der Waals surface area (Å²) >= 11 is 5.89. The Kier molecular flexibility index (Phi) is 3.69. The fraction of sp³-hybridized carbons (Fsp3) is 0.462. The lowest BCUT2D eigenvalue weighted by molar-refractivity contribution is -0.0586. The Morgan fingerprint density at radius 1 is 1.35 bits per heavy atom. The molecule has 1 aliphatic rings. The maximum absolute atomic E-state index is 12.3. The number of hydrogen-bond donors (Lipinski definition) is 0. The van der Waals surface area contributed by atoms with Crippen LogP contribution in [0.25, 0.3) is 0 Å². The molecule has 2 atom stereocenters. The zero-order valence-electron chi connectivity index (χ0n) is 10.0. The fourth-order valence-corrected chi connectivity index (χ4v) is 2.34. The van der Waals surface area contributed by atoms with Crippen molar-refractivity contribution in [3.63, 3.8) is 0 Å². The first kappa shape index (κ1) is 12.4. The van der Waals surface area contributed by atoms with Crippen molar-refractivity contribution in [3.05, 3.63) is 34.9 Å². The van der Waals surface area contributed by atoms with Gasteiger partial charge in [-0.25, -0.2) is 0 Å². The molecule has 92 valence electrons. The van der Waals surface area contributed by atoms with E-state index in [0.717, 1.165) is 0 Å². The van der Waals surface area contributed by atoms with Crippen LogP contribution in [0.3, 0.4) is 0 Å². The van der Waals surface area contributed by atoms with Gasteiger partial charge >= 0.3 is 0 Å². The van der Waals surface area contributed by atoms with E-state index >= 15 is 0 Å². The maximum Gasteiger partial charge on any atom is 0.254 e. The summed E-state index contributed by atoms with van der Waals surface area (Å²) in [6.45, 7) is 5.23. The summed E-state index contributed by atoms with van der Waals surface area (Å²) in [6, 6.07) is 7.06. The largest absolute Gasteiger partial charge is 0.372 e. The third kappa shape index (κ3) is 2.99. The Bertz CT molecular complexity index is 412. The standard InChI is InChI=1S/C13H16ClNO2/c1-9-7-15(8-10(2)17-9)13(16)11-4-3-5-12(14)6-11/h3-6,9-10H,7-8H2,1-2H3. The Labute approximate surface area is 106 Å². The Balaban J connectivity index is 2.14.